The van der Waals surface area contributed by atoms with Crippen LogP contribution in [-0.4, -0.2) is 60.6 Å². The smallest absolute Gasteiger partial charge is 0.251 e. The number of amides is 1. The maximum atomic E-state index is 14.9. The van der Waals surface area contributed by atoms with Crippen LogP contribution in [0.1, 0.15) is 47.2 Å². The van der Waals surface area contributed by atoms with Crippen LogP contribution in [0.2, 0.25) is 0 Å². The van der Waals surface area contributed by atoms with Gasteiger partial charge in [0.15, 0.2) is 11.6 Å². The number of hydrogen-bond acceptors (Lipinski definition) is 4. The number of piperidine rings is 2. The Kier molecular flexibility index (Phi) is 9.05. The number of carbonyl (C=O) groups excluding carboxylic acids is 1. The van der Waals surface area contributed by atoms with Crippen LogP contribution in [0, 0.1) is 5.82 Å². The number of likely N-dealkylation sites (tertiary alicyclic amines) is 2. The Bertz CT molecular complexity index is 1160. The van der Waals surface area contributed by atoms with Crippen molar-refractivity contribution < 1.29 is 13.9 Å². The molecular weight excluding hydrogens is 477 g/mol. The normalized spacial score (nSPS) is 17.8. The van der Waals surface area contributed by atoms with Crippen molar-refractivity contribution in [2.24, 2.45) is 0 Å². The van der Waals surface area contributed by atoms with Gasteiger partial charge in [0.05, 0.1) is 0 Å². The number of nitrogens with one attached hydrogen (secondary N) is 1. The van der Waals surface area contributed by atoms with E-state index in [0.29, 0.717) is 5.56 Å². The predicted octanol–water partition coefficient (Wildman–Crippen LogP) is 5.31. The van der Waals surface area contributed by atoms with Crippen LogP contribution < -0.4 is 10.1 Å². The van der Waals surface area contributed by atoms with Crippen molar-refractivity contribution >= 4 is 5.91 Å². The molecule has 200 valence electrons. The van der Waals surface area contributed by atoms with Gasteiger partial charge in [0.1, 0.15) is 6.10 Å². The maximum absolute atomic E-state index is 14.9. The first kappa shape index (κ1) is 26.4. The van der Waals surface area contributed by atoms with E-state index < -0.39 is 5.82 Å². The number of rotatable bonds is 9. The molecule has 2 aliphatic heterocycles. The summed E-state index contributed by atoms with van der Waals surface area (Å²) in [7, 11) is 0. The Morgan fingerprint density at radius 2 is 1.45 bits per heavy atom. The average molecular weight is 516 g/mol. The average Bonchev–Trinajstić information content (AvgIpc) is 2.96. The Morgan fingerprint density at radius 1 is 0.816 bits per heavy atom. The summed E-state index contributed by atoms with van der Waals surface area (Å²) in [5.41, 5.74) is 3.00. The van der Waals surface area contributed by atoms with E-state index in [1.807, 2.05) is 12.1 Å². The Labute approximate surface area is 225 Å². The minimum Gasteiger partial charge on any atom is -0.487 e. The molecular formula is C32H38FN3O2. The molecule has 0 spiro atoms. The molecule has 5 nitrogen and oxygen atoms in total. The van der Waals surface area contributed by atoms with Crippen molar-refractivity contribution in [3.63, 3.8) is 0 Å². The molecule has 0 bridgehead atoms. The van der Waals surface area contributed by atoms with E-state index in [2.05, 4.69) is 63.6 Å². The van der Waals surface area contributed by atoms with Crippen LogP contribution >= 0.6 is 0 Å². The van der Waals surface area contributed by atoms with Crippen molar-refractivity contribution in [3.05, 3.63) is 101 Å². The molecule has 38 heavy (non-hydrogen) atoms. The van der Waals surface area contributed by atoms with Gasteiger partial charge >= 0.3 is 0 Å². The summed E-state index contributed by atoms with van der Waals surface area (Å²) in [4.78, 5) is 17.7. The van der Waals surface area contributed by atoms with E-state index in [1.165, 1.54) is 17.2 Å². The molecule has 2 aliphatic rings. The highest BCUT2D eigenvalue weighted by Gasteiger charge is 2.24. The second kappa shape index (κ2) is 13.0. The van der Waals surface area contributed by atoms with Gasteiger partial charge in [-0.3, -0.25) is 9.69 Å². The number of nitrogens with zero attached hydrogens (tertiary/aromatic N) is 2. The number of benzene rings is 3. The zero-order chi connectivity index (χ0) is 26.2. The lowest BCUT2D eigenvalue weighted by molar-refractivity contribution is 0.0906. The largest absolute Gasteiger partial charge is 0.487 e. The van der Waals surface area contributed by atoms with Gasteiger partial charge in [-0.15, -0.1) is 0 Å². The van der Waals surface area contributed by atoms with Crippen molar-refractivity contribution in [1.82, 2.24) is 15.1 Å². The Balaban J connectivity index is 1.04. The topological polar surface area (TPSA) is 44.8 Å². The fraction of sp³-hybridized carbons (Fsp3) is 0.406. The van der Waals surface area contributed by atoms with Gasteiger partial charge < -0.3 is 15.0 Å². The minimum absolute atomic E-state index is 0.00165. The fourth-order valence-corrected chi connectivity index (χ4v) is 5.45. The number of ether oxygens (including phenoxy) is 1. The van der Waals surface area contributed by atoms with Gasteiger partial charge in [0.2, 0.25) is 0 Å². The maximum Gasteiger partial charge on any atom is 0.251 e. The van der Waals surface area contributed by atoms with E-state index in [4.69, 9.17) is 4.74 Å². The fourth-order valence-electron chi connectivity index (χ4n) is 5.45. The lowest BCUT2D eigenvalue weighted by Gasteiger charge is -2.32. The standard InChI is InChI=1S/C32H38FN3O2/c33-30-23-27(32(37)34-28-14-19-36(20-15-28)24-26-9-5-2-6-10-26)11-12-31(30)38-29-16-21-35(22-17-29)18-13-25-7-3-1-4-8-25/h1-12,23,28-29H,13-22,24H2,(H,34,37). The summed E-state index contributed by atoms with van der Waals surface area (Å²) in [6, 6.07) is 25.7. The Morgan fingerprint density at radius 3 is 2.11 bits per heavy atom. The molecule has 0 aliphatic carbocycles. The minimum atomic E-state index is -0.471. The van der Waals surface area contributed by atoms with Gasteiger partial charge in [0, 0.05) is 50.9 Å². The number of carbonyl (C=O) groups is 1. The van der Waals surface area contributed by atoms with E-state index in [9.17, 15) is 9.18 Å². The zero-order valence-corrected chi connectivity index (χ0v) is 22.0. The molecule has 0 atom stereocenters. The second-order valence-electron chi connectivity index (χ2n) is 10.5. The van der Waals surface area contributed by atoms with Crippen LogP contribution in [0.3, 0.4) is 0 Å². The summed E-state index contributed by atoms with van der Waals surface area (Å²) in [6.07, 6.45) is 4.58. The molecule has 1 N–H and O–H groups in total. The summed E-state index contributed by atoms with van der Waals surface area (Å²) in [5, 5.41) is 3.10. The molecule has 3 aromatic carbocycles. The van der Waals surface area contributed by atoms with Crippen molar-refractivity contribution in [2.75, 3.05) is 32.7 Å². The van der Waals surface area contributed by atoms with Crippen molar-refractivity contribution in [2.45, 2.75) is 50.8 Å². The SMILES string of the molecule is O=C(NC1CCN(Cc2ccccc2)CC1)c1ccc(OC2CCN(CCc3ccccc3)CC2)c(F)c1. The lowest BCUT2D eigenvalue weighted by atomic mass is 10.0. The van der Waals surface area contributed by atoms with Crippen molar-refractivity contribution in [1.29, 1.82) is 0 Å². The lowest BCUT2D eigenvalue weighted by Crippen LogP contribution is -2.44. The molecule has 2 heterocycles. The Hall–Kier alpha value is -3.22. The predicted molar refractivity (Wildman–Crippen MR) is 149 cm³/mol. The number of halogens is 1. The summed E-state index contributed by atoms with van der Waals surface area (Å²) in [5.74, 6) is -0.455. The molecule has 0 radical (unpaired) electrons. The third-order valence-electron chi connectivity index (χ3n) is 7.75. The molecule has 3 aromatic rings. The van der Waals surface area contributed by atoms with Crippen LogP contribution in [0.15, 0.2) is 78.9 Å². The van der Waals surface area contributed by atoms with Gasteiger partial charge in [-0.25, -0.2) is 4.39 Å². The third kappa shape index (κ3) is 7.42. The quantitative estimate of drug-likeness (QED) is 0.420. The molecule has 1 amide bonds. The molecule has 6 heteroatoms. The van der Waals surface area contributed by atoms with Crippen LogP contribution in [0.4, 0.5) is 4.39 Å². The highest BCUT2D eigenvalue weighted by atomic mass is 19.1. The van der Waals surface area contributed by atoms with E-state index in [0.717, 1.165) is 71.4 Å². The van der Waals surface area contributed by atoms with Crippen LogP contribution in [-0.2, 0) is 13.0 Å². The first-order valence-electron chi connectivity index (χ1n) is 13.9. The van der Waals surface area contributed by atoms with Gasteiger partial charge in [-0.05, 0) is 61.4 Å². The van der Waals surface area contributed by atoms with E-state index in [-0.39, 0.29) is 23.8 Å². The van der Waals surface area contributed by atoms with Gasteiger partial charge in [0.25, 0.3) is 5.91 Å². The highest BCUT2D eigenvalue weighted by Crippen LogP contribution is 2.24. The zero-order valence-electron chi connectivity index (χ0n) is 22.0. The second-order valence-corrected chi connectivity index (χ2v) is 10.5. The van der Waals surface area contributed by atoms with Gasteiger partial charge in [-0.2, -0.15) is 0 Å². The molecule has 2 fully saturated rings. The summed E-state index contributed by atoms with van der Waals surface area (Å²) in [6.45, 7) is 5.73. The highest BCUT2D eigenvalue weighted by molar-refractivity contribution is 5.94. The first-order chi connectivity index (χ1) is 18.6. The molecule has 0 aromatic heterocycles. The molecule has 0 unspecified atom stereocenters. The van der Waals surface area contributed by atoms with E-state index >= 15 is 0 Å². The number of hydrogen-bond donors (Lipinski definition) is 1. The van der Waals surface area contributed by atoms with Crippen LogP contribution in [0.5, 0.6) is 5.75 Å². The van der Waals surface area contributed by atoms with Gasteiger partial charge in [-0.1, -0.05) is 60.7 Å². The molecule has 2 saturated heterocycles. The molecule has 5 rings (SSSR count). The molecule has 0 saturated carbocycles. The monoisotopic (exact) mass is 515 g/mol. The summed E-state index contributed by atoms with van der Waals surface area (Å²) < 4.78 is 20.9. The van der Waals surface area contributed by atoms with Crippen LogP contribution in [0.25, 0.3) is 0 Å². The first-order valence-corrected chi connectivity index (χ1v) is 13.9. The summed E-state index contributed by atoms with van der Waals surface area (Å²) >= 11 is 0. The third-order valence-corrected chi connectivity index (χ3v) is 7.75. The van der Waals surface area contributed by atoms with Crippen molar-refractivity contribution in [3.8, 4) is 5.75 Å². The van der Waals surface area contributed by atoms with E-state index in [1.54, 1.807) is 12.1 Å².